The van der Waals surface area contributed by atoms with Crippen molar-refractivity contribution in [1.29, 1.82) is 0 Å². The van der Waals surface area contributed by atoms with Crippen LogP contribution in [-0.4, -0.2) is 44.2 Å². The summed E-state index contributed by atoms with van der Waals surface area (Å²) in [5.41, 5.74) is 0.613. The number of carbonyl (C=O) groups excluding carboxylic acids is 2. The fraction of sp³-hybridized carbons (Fsp3) is 0.357. The Balaban J connectivity index is 1.92. The van der Waals surface area contributed by atoms with Crippen LogP contribution in [0, 0.1) is 0 Å². The van der Waals surface area contributed by atoms with E-state index in [4.69, 9.17) is 18.3 Å². The number of aliphatic hydroxyl groups is 1. The molecule has 1 aromatic heterocycles. The van der Waals surface area contributed by atoms with Crippen LogP contribution in [0.2, 0.25) is 18.1 Å². The van der Waals surface area contributed by atoms with E-state index in [0.29, 0.717) is 11.1 Å². The number of esters is 2. The van der Waals surface area contributed by atoms with E-state index < -0.39 is 38.6 Å². The first kappa shape index (κ1) is 27.4. The van der Waals surface area contributed by atoms with Crippen molar-refractivity contribution in [3.63, 3.8) is 0 Å². The molecule has 0 radical (unpaired) electrons. The van der Waals surface area contributed by atoms with E-state index >= 15 is 0 Å². The lowest BCUT2D eigenvalue weighted by Crippen LogP contribution is -2.47. The lowest BCUT2D eigenvalue weighted by molar-refractivity contribution is -0.0986. The Morgan fingerprint density at radius 3 is 1.86 bits per heavy atom. The topological polar surface area (TPSA) is 95.2 Å². The average Bonchev–Trinajstić information content (AvgIpc) is 3.39. The summed E-state index contributed by atoms with van der Waals surface area (Å²) < 4.78 is 23.3. The van der Waals surface area contributed by atoms with Crippen molar-refractivity contribution in [1.82, 2.24) is 0 Å². The number of benzene rings is 2. The van der Waals surface area contributed by atoms with Gasteiger partial charge in [-0.15, -0.1) is 0 Å². The predicted molar refractivity (Wildman–Crippen MR) is 138 cm³/mol. The quantitative estimate of drug-likeness (QED) is 0.273. The smallest absolute Gasteiger partial charge is 0.338 e. The van der Waals surface area contributed by atoms with E-state index in [2.05, 4.69) is 33.9 Å². The Morgan fingerprint density at radius 1 is 0.861 bits per heavy atom. The van der Waals surface area contributed by atoms with Gasteiger partial charge in [-0.1, -0.05) is 57.2 Å². The number of furan rings is 1. The number of aliphatic hydroxyl groups excluding tert-OH is 1. The summed E-state index contributed by atoms with van der Waals surface area (Å²) in [6.07, 6.45) is -2.38. The normalized spacial score (nSPS) is 14.5. The van der Waals surface area contributed by atoms with E-state index in [1.807, 2.05) is 0 Å². The molecule has 36 heavy (non-hydrogen) atoms. The second-order valence-electron chi connectivity index (χ2n) is 10.1. The van der Waals surface area contributed by atoms with Crippen LogP contribution >= 0.6 is 0 Å². The molecule has 0 bridgehead atoms. The van der Waals surface area contributed by atoms with E-state index in [9.17, 15) is 14.7 Å². The summed E-state index contributed by atoms with van der Waals surface area (Å²) >= 11 is 0. The molecule has 0 aliphatic heterocycles. The van der Waals surface area contributed by atoms with E-state index in [1.165, 1.54) is 6.26 Å². The summed E-state index contributed by atoms with van der Waals surface area (Å²) in [6, 6.07) is 20.1. The minimum Gasteiger partial charge on any atom is -0.465 e. The molecule has 1 heterocycles. The van der Waals surface area contributed by atoms with Crippen LogP contribution in [-0.2, 0) is 13.9 Å². The molecule has 0 unspecified atom stereocenters. The average molecular weight is 511 g/mol. The largest absolute Gasteiger partial charge is 0.465 e. The molecule has 0 fully saturated rings. The van der Waals surface area contributed by atoms with Crippen LogP contribution in [0.4, 0.5) is 0 Å². The van der Waals surface area contributed by atoms with E-state index in [0.717, 1.165) is 0 Å². The predicted octanol–water partition coefficient (Wildman–Crippen LogP) is 5.79. The molecule has 8 heteroatoms. The van der Waals surface area contributed by atoms with Crippen molar-refractivity contribution in [3.8, 4) is 0 Å². The first-order chi connectivity index (χ1) is 17.0. The Kier molecular flexibility index (Phi) is 8.89. The fourth-order valence-corrected chi connectivity index (χ4v) is 4.23. The zero-order valence-electron chi connectivity index (χ0n) is 21.3. The molecule has 192 valence electrons. The molecule has 0 spiro atoms. The van der Waals surface area contributed by atoms with Gasteiger partial charge in [-0.2, -0.15) is 0 Å². The lowest BCUT2D eigenvalue weighted by Gasteiger charge is -2.38. The fourth-order valence-electron chi connectivity index (χ4n) is 3.21. The summed E-state index contributed by atoms with van der Waals surface area (Å²) in [5, 5.41) is 11.2. The summed E-state index contributed by atoms with van der Waals surface area (Å²) in [6.45, 7) is 10.3. The van der Waals surface area contributed by atoms with Crippen LogP contribution in [0.1, 0.15) is 53.4 Å². The molecule has 0 amide bonds. The highest BCUT2D eigenvalue weighted by Gasteiger charge is 2.42. The van der Waals surface area contributed by atoms with Gasteiger partial charge in [-0.05, 0) is 54.5 Å². The van der Waals surface area contributed by atoms with Gasteiger partial charge in [-0.25, -0.2) is 9.59 Å². The molecule has 0 aliphatic rings. The molecule has 3 atom stereocenters. The first-order valence-corrected chi connectivity index (χ1v) is 14.8. The molecule has 1 N–H and O–H groups in total. The zero-order chi connectivity index (χ0) is 26.3. The molecule has 0 aliphatic carbocycles. The van der Waals surface area contributed by atoms with Gasteiger partial charge in [0.25, 0.3) is 0 Å². The van der Waals surface area contributed by atoms with Gasteiger partial charge >= 0.3 is 11.9 Å². The van der Waals surface area contributed by atoms with E-state index in [1.54, 1.807) is 72.8 Å². The molecule has 0 saturated heterocycles. The Bertz CT molecular complexity index is 1110. The SMILES string of the molecule is CC(C)(C)[Si](C)(C)OC[C@H](O)[C@@H](OC(=O)c1ccccc1)[C@H](OC(=O)c1ccccc1)c1ccco1. The second-order valence-corrected chi connectivity index (χ2v) is 14.9. The molecular formula is C28H34O7Si. The molecule has 2 aromatic carbocycles. The maximum atomic E-state index is 13.0. The van der Waals surface area contributed by atoms with Gasteiger partial charge in [-0.3, -0.25) is 0 Å². The van der Waals surface area contributed by atoms with Gasteiger partial charge in [0.1, 0.15) is 11.9 Å². The Morgan fingerprint density at radius 2 is 1.39 bits per heavy atom. The minimum absolute atomic E-state index is 0.0941. The summed E-state index contributed by atoms with van der Waals surface area (Å²) in [7, 11) is -2.23. The molecular weight excluding hydrogens is 476 g/mol. The van der Waals surface area contributed by atoms with Crippen LogP contribution < -0.4 is 0 Å². The van der Waals surface area contributed by atoms with Gasteiger partial charge in [0.15, 0.2) is 20.5 Å². The van der Waals surface area contributed by atoms with Crippen molar-refractivity contribution < 1.29 is 33.0 Å². The molecule has 0 saturated carbocycles. The number of carbonyl (C=O) groups is 2. The highest BCUT2D eigenvalue weighted by Crippen LogP contribution is 2.37. The lowest BCUT2D eigenvalue weighted by atomic mass is 10.1. The van der Waals surface area contributed by atoms with Gasteiger partial charge in [0.05, 0.1) is 24.0 Å². The maximum absolute atomic E-state index is 13.0. The standard InChI is InChI=1S/C28H34O7Si/c1-28(2,3)36(4,5)33-19-22(29)24(34-26(30)20-13-8-6-9-14-20)25(23-17-12-18-32-23)35-27(31)21-15-10-7-11-16-21/h6-18,22,24-25,29H,19H2,1-5H3/t22-,24+,25+/m0/s1. The number of hydrogen-bond acceptors (Lipinski definition) is 7. The molecule has 3 aromatic rings. The van der Waals surface area contributed by atoms with E-state index in [-0.39, 0.29) is 17.4 Å². The first-order valence-electron chi connectivity index (χ1n) is 11.9. The third kappa shape index (κ3) is 6.93. The van der Waals surface area contributed by atoms with Crippen molar-refractivity contribution >= 4 is 20.3 Å². The maximum Gasteiger partial charge on any atom is 0.338 e. The van der Waals surface area contributed by atoms with Crippen LogP contribution in [0.25, 0.3) is 0 Å². The highest BCUT2D eigenvalue weighted by atomic mass is 28.4. The van der Waals surface area contributed by atoms with Crippen molar-refractivity contribution in [2.45, 2.75) is 57.2 Å². The Hall–Kier alpha value is -3.20. The van der Waals surface area contributed by atoms with Crippen molar-refractivity contribution in [2.75, 3.05) is 6.61 Å². The van der Waals surface area contributed by atoms with Gasteiger partial charge in [0, 0.05) is 0 Å². The summed E-state index contributed by atoms with van der Waals surface area (Å²) in [4.78, 5) is 26.0. The van der Waals surface area contributed by atoms with Crippen molar-refractivity contribution in [2.24, 2.45) is 0 Å². The van der Waals surface area contributed by atoms with Crippen LogP contribution in [0.15, 0.2) is 83.5 Å². The zero-order valence-corrected chi connectivity index (χ0v) is 22.3. The molecule has 3 rings (SSSR count). The molecule has 7 nitrogen and oxygen atoms in total. The third-order valence-corrected chi connectivity index (χ3v) is 10.9. The Labute approximate surface area is 213 Å². The monoisotopic (exact) mass is 510 g/mol. The third-order valence-electron chi connectivity index (χ3n) is 6.42. The van der Waals surface area contributed by atoms with Gasteiger partial charge in [0.2, 0.25) is 0 Å². The summed E-state index contributed by atoms with van der Waals surface area (Å²) in [5.74, 6) is -1.08. The van der Waals surface area contributed by atoms with Crippen molar-refractivity contribution in [3.05, 3.63) is 95.9 Å². The highest BCUT2D eigenvalue weighted by molar-refractivity contribution is 6.74. The number of hydrogen-bond donors (Lipinski definition) is 1. The van der Waals surface area contributed by atoms with Gasteiger partial charge < -0.3 is 23.4 Å². The number of ether oxygens (including phenoxy) is 2. The minimum atomic E-state index is -2.23. The van der Waals surface area contributed by atoms with Crippen LogP contribution in [0.5, 0.6) is 0 Å². The number of rotatable bonds is 10. The van der Waals surface area contributed by atoms with Crippen LogP contribution in [0.3, 0.4) is 0 Å². The second kappa shape index (κ2) is 11.7.